The second-order valence-electron chi connectivity index (χ2n) is 6.23. The monoisotopic (exact) mass is 495 g/mol. The van der Waals surface area contributed by atoms with Crippen molar-refractivity contribution in [2.75, 3.05) is 16.4 Å². The number of benzene rings is 2. The lowest BCUT2D eigenvalue weighted by Crippen LogP contribution is -2.14. The number of amides is 2. The fourth-order valence-electron chi connectivity index (χ4n) is 2.51. The number of carbonyl (C=O) groups is 2. The largest absolute Gasteiger partial charge is 0.416 e. The number of thiazole rings is 1. The van der Waals surface area contributed by atoms with Gasteiger partial charge < -0.3 is 5.32 Å². The van der Waals surface area contributed by atoms with Crippen LogP contribution >= 0.6 is 34.4 Å². The van der Waals surface area contributed by atoms with E-state index >= 15 is 0 Å². The first-order valence-electron chi connectivity index (χ1n) is 8.88. The van der Waals surface area contributed by atoms with E-state index in [4.69, 9.17) is 0 Å². The van der Waals surface area contributed by atoms with Crippen molar-refractivity contribution < 1.29 is 22.8 Å². The molecule has 2 aromatic heterocycles. The first kappa shape index (κ1) is 22.2. The van der Waals surface area contributed by atoms with Crippen LogP contribution in [0.15, 0.2) is 52.9 Å². The second-order valence-corrected chi connectivity index (χ2v) is 9.46. The molecule has 0 radical (unpaired) electrons. The van der Waals surface area contributed by atoms with E-state index in [1.165, 1.54) is 23.5 Å². The molecule has 2 N–H and O–H groups in total. The molecule has 4 rings (SSSR count). The molecule has 0 saturated carbocycles. The molecule has 0 bridgehead atoms. The number of alkyl halides is 3. The van der Waals surface area contributed by atoms with Crippen LogP contribution in [-0.4, -0.2) is 32.7 Å². The quantitative estimate of drug-likeness (QED) is 0.284. The molecule has 2 aromatic carbocycles. The first-order chi connectivity index (χ1) is 15.3. The lowest BCUT2D eigenvalue weighted by atomic mass is 10.2. The van der Waals surface area contributed by atoms with E-state index in [2.05, 4.69) is 25.8 Å². The van der Waals surface area contributed by atoms with Crippen molar-refractivity contribution in [1.29, 1.82) is 0 Å². The van der Waals surface area contributed by atoms with E-state index in [0.717, 1.165) is 45.4 Å². The molecule has 0 fully saturated rings. The lowest BCUT2D eigenvalue weighted by Gasteiger charge is -2.08. The van der Waals surface area contributed by atoms with Crippen LogP contribution in [-0.2, 0) is 11.0 Å². The molecule has 7 nitrogen and oxygen atoms in total. The Hall–Kier alpha value is -3.03. The number of aromatic nitrogens is 3. The molecular weight excluding hydrogens is 483 g/mol. The van der Waals surface area contributed by atoms with E-state index in [1.807, 2.05) is 24.3 Å². The smallest absolute Gasteiger partial charge is 0.325 e. The molecular formula is C19H12F3N5O2S3. The minimum absolute atomic E-state index is 0.0263. The van der Waals surface area contributed by atoms with E-state index in [-0.39, 0.29) is 16.6 Å². The number of nitrogens with one attached hydrogen (secondary N) is 2. The van der Waals surface area contributed by atoms with Gasteiger partial charge in [-0.3, -0.25) is 14.9 Å². The third-order valence-electron chi connectivity index (χ3n) is 3.94. The van der Waals surface area contributed by atoms with Gasteiger partial charge in [0.2, 0.25) is 11.0 Å². The van der Waals surface area contributed by atoms with Gasteiger partial charge in [-0.2, -0.15) is 13.2 Å². The highest BCUT2D eigenvalue weighted by Crippen LogP contribution is 2.30. The maximum absolute atomic E-state index is 12.6. The number of halogens is 3. The maximum atomic E-state index is 12.6. The van der Waals surface area contributed by atoms with Crippen LogP contribution in [0.25, 0.3) is 10.2 Å². The number of hydrogen-bond donors (Lipinski definition) is 2. The number of nitrogens with zero attached hydrogens (tertiary/aromatic N) is 3. The molecule has 0 atom stereocenters. The molecule has 0 aliphatic rings. The summed E-state index contributed by atoms with van der Waals surface area (Å²) in [6, 6.07) is 11.6. The van der Waals surface area contributed by atoms with Gasteiger partial charge >= 0.3 is 6.18 Å². The molecule has 0 aliphatic carbocycles. The SMILES string of the molecule is O=C(CSc1nnc(NC(=O)c2nc3ccccc3s2)s1)Nc1ccc(C(F)(F)F)cc1. The summed E-state index contributed by atoms with van der Waals surface area (Å²) >= 11 is 3.45. The van der Waals surface area contributed by atoms with Crippen LogP contribution < -0.4 is 10.6 Å². The Bertz CT molecular complexity index is 1240. The number of rotatable bonds is 6. The highest BCUT2D eigenvalue weighted by molar-refractivity contribution is 8.01. The van der Waals surface area contributed by atoms with Crippen LogP contribution in [0, 0.1) is 0 Å². The molecule has 2 amide bonds. The van der Waals surface area contributed by atoms with Crippen molar-refractivity contribution in [2.24, 2.45) is 0 Å². The van der Waals surface area contributed by atoms with Crippen LogP contribution in [0.2, 0.25) is 0 Å². The number of anilines is 2. The lowest BCUT2D eigenvalue weighted by molar-refractivity contribution is -0.137. The fourth-order valence-corrected chi connectivity index (χ4v) is 4.91. The highest BCUT2D eigenvalue weighted by Gasteiger charge is 2.30. The normalized spacial score (nSPS) is 11.5. The van der Waals surface area contributed by atoms with Crippen molar-refractivity contribution in [2.45, 2.75) is 10.5 Å². The molecule has 164 valence electrons. The summed E-state index contributed by atoms with van der Waals surface area (Å²) in [5, 5.41) is 13.5. The van der Waals surface area contributed by atoms with Gasteiger partial charge in [0.1, 0.15) is 0 Å². The van der Waals surface area contributed by atoms with Crippen molar-refractivity contribution >= 4 is 67.3 Å². The van der Waals surface area contributed by atoms with Crippen LogP contribution in [0.3, 0.4) is 0 Å². The zero-order chi connectivity index (χ0) is 22.7. The summed E-state index contributed by atoms with van der Waals surface area (Å²) < 4.78 is 39.1. The number of hydrogen-bond acceptors (Lipinski definition) is 8. The van der Waals surface area contributed by atoms with Gasteiger partial charge in [0, 0.05) is 5.69 Å². The van der Waals surface area contributed by atoms with Crippen molar-refractivity contribution in [3.63, 3.8) is 0 Å². The molecule has 4 aromatic rings. The molecule has 0 unspecified atom stereocenters. The average molecular weight is 496 g/mol. The summed E-state index contributed by atoms with van der Waals surface area (Å²) in [5.41, 5.74) is 0.194. The zero-order valence-electron chi connectivity index (χ0n) is 15.8. The second kappa shape index (κ2) is 9.22. The summed E-state index contributed by atoms with van der Waals surface area (Å²) in [6.45, 7) is 0. The fraction of sp³-hybridized carbons (Fsp3) is 0.105. The molecule has 0 saturated heterocycles. The minimum atomic E-state index is -4.43. The summed E-state index contributed by atoms with van der Waals surface area (Å²) in [7, 11) is 0. The number of fused-ring (bicyclic) bond motifs is 1. The molecule has 13 heteroatoms. The summed E-state index contributed by atoms with van der Waals surface area (Å²) in [4.78, 5) is 28.7. The van der Waals surface area contributed by atoms with Gasteiger partial charge in [0.15, 0.2) is 9.35 Å². The Kier molecular flexibility index (Phi) is 6.39. The zero-order valence-corrected chi connectivity index (χ0v) is 18.3. The van der Waals surface area contributed by atoms with E-state index in [1.54, 1.807) is 0 Å². The summed E-state index contributed by atoms with van der Waals surface area (Å²) in [5.74, 6) is -0.842. The van der Waals surface area contributed by atoms with E-state index in [0.29, 0.717) is 9.35 Å². The van der Waals surface area contributed by atoms with Crippen LogP contribution in [0.1, 0.15) is 15.4 Å². The van der Waals surface area contributed by atoms with Gasteiger partial charge in [-0.25, -0.2) is 4.98 Å². The van der Waals surface area contributed by atoms with Crippen molar-refractivity contribution in [3.05, 3.63) is 59.1 Å². The van der Waals surface area contributed by atoms with Gasteiger partial charge in [-0.1, -0.05) is 35.2 Å². The third-order valence-corrected chi connectivity index (χ3v) is 6.94. The number of para-hydroxylation sites is 1. The molecule has 0 spiro atoms. The first-order valence-corrected chi connectivity index (χ1v) is 11.5. The third kappa shape index (κ3) is 5.41. The van der Waals surface area contributed by atoms with E-state index in [9.17, 15) is 22.8 Å². The number of thioether (sulfide) groups is 1. The van der Waals surface area contributed by atoms with Gasteiger partial charge in [0.25, 0.3) is 5.91 Å². The predicted molar refractivity (Wildman–Crippen MR) is 118 cm³/mol. The number of carbonyl (C=O) groups excluding carboxylic acids is 2. The van der Waals surface area contributed by atoms with Crippen molar-refractivity contribution in [1.82, 2.24) is 15.2 Å². The molecule has 2 heterocycles. The Balaban J connectivity index is 1.29. The van der Waals surface area contributed by atoms with Crippen molar-refractivity contribution in [3.8, 4) is 0 Å². The highest BCUT2D eigenvalue weighted by atomic mass is 32.2. The van der Waals surface area contributed by atoms with Gasteiger partial charge in [0.05, 0.1) is 21.5 Å². The van der Waals surface area contributed by atoms with Crippen LogP contribution in [0.5, 0.6) is 0 Å². The maximum Gasteiger partial charge on any atom is 0.416 e. The predicted octanol–water partition coefficient (Wildman–Crippen LogP) is 5.15. The van der Waals surface area contributed by atoms with Gasteiger partial charge in [-0.15, -0.1) is 21.5 Å². The Morgan fingerprint density at radius 3 is 2.44 bits per heavy atom. The molecule has 0 aliphatic heterocycles. The minimum Gasteiger partial charge on any atom is -0.325 e. The van der Waals surface area contributed by atoms with E-state index < -0.39 is 23.6 Å². The molecule has 32 heavy (non-hydrogen) atoms. The van der Waals surface area contributed by atoms with Gasteiger partial charge in [-0.05, 0) is 36.4 Å². The Labute approximate surface area is 191 Å². The topological polar surface area (TPSA) is 96.9 Å². The summed E-state index contributed by atoms with van der Waals surface area (Å²) in [6.07, 6.45) is -4.43. The Morgan fingerprint density at radius 2 is 1.72 bits per heavy atom. The average Bonchev–Trinajstić information content (AvgIpc) is 3.38. The standard InChI is InChI=1S/C19H12F3N5O2S3/c20-19(21,22)10-5-7-11(8-6-10)23-14(28)9-30-18-27-26-17(32-18)25-15(29)16-24-12-3-1-2-4-13(12)31-16/h1-8H,9H2,(H,23,28)(H,25,26,29). The van der Waals surface area contributed by atoms with Crippen LogP contribution in [0.4, 0.5) is 24.0 Å². The Morgan fingerprint density at radius 1 is 0.969 bits per heavy atom.